The molecule has 0 fully saturated rings. The van der Waals surface area contributed by atoms with Crippen LogP contribution in [0.3, 0.4) is 0 Å². The van der Waals surface area contributed by atoms with E-state index in [4.69, 9.17) is 18.9 Å². The number of nitrogens with two attached hydrogens (primary N) is 1. The molecule has 6 nitrogen and oxygen atoms in total. The lowest BCUT2D eigenvalue weighted by molar-refractivity contribution is -0.384. The van der Waals surface area contributed by atoms with Crippen LogP contribution in [0.25, 0.3) is 9.69 Å². The second-order valence-corrected chi connectivity index (χ2v) is 5.13. The Kier molecular flexibility index (Phi) is 6.94. The van der Waals surface area contributed by atoms with Crippen LogP contribution in [0.2, 0.25) is 0 Å². The van der Waals surface area contributed by atoms with E-state index in [1.165, 1.54) is 12.1 Å². The summed E-state index contributed by atoms with van der Waals surface area (Å²) in [7, 11) is 0. The summed E-state index contributed by atoms with van der Waals surface area (Å²) in [6.07, 6.45) is 0. The third-order valence-corrected chi connectivity index (χ3v) is 3.39. The Hall–Kier alpha value is -3.38. The molecule has 0 aliphatic carbocycles. The van der Waals surface area contributed by atoms with E-state index >= 15 is 0 Å². The van der Waals surface area contributed by atoms with Crippen LogP contribution in [0, 0.1) is 23.3 Å². The van der Waals surface area contributed by atoms with Crippen molar-refractivity contribution in [1.29, 1.82) is 0 Å². The lowest BCUT2D eigenvalue weighted by Gasteiger charge is -1.98. The summed E-state index contributed by atoms with van der Waals surface area (Å²) in [6.45, 7) is 17.2. The van der Waals surface area contributed by atoms with Crippen LogP contribution in [0.5, 0.6) is 0 Å². The number of hydrogen-bond acceptors (Lipinski definition) is 3. The van der Waals surface area contributed by atoms with Gasteiger partial charge >= 0.3 is 0 Å². The molecule has 2 N–H and O–H groups in total. The highest BCUT2D eigenvalue weighted by molar-refractivity contribution is 5.40. The van der Waals surface area contributed by atoms with E-state index in [-0.39, 0.29) is 17.8 Å². The van der Waals surface area contributed by atoms with E-state index in [2.05, 4.69) is 9.69 Å². The van der Waals surface area contributed by atoms with Gasteiger partial charge in [-0.15, -0.1) is 0 Å². The number of anilines is 1. The summed E-state index contributed by atoms with van der Waals surface area (Å²) in [5.41, 5.74) is 8.12. The maximum absolute atomic E-state index is 10.3. The smallest absolute Gasteiger partial charge is 0.269 e. The normalized spacial score (nSPS) is 11.8. The van der Waals surface area contributed by atoms with Gasteiger partial charge in [-0.25, -0.2) is 13.1 Å². The number of rotatable bonds is 3. The van der Waals surface area contributed by atoms with Crippen molar-refractivity contribution in [1.82, 2.24) is 0 Å². The summed E-state index contributed by atoms with van der Waals surface area (Å²) in [5.74, 6) is 0. The van der Waals surface area contributed by atoms with E-state index in [1.54, 1.807) is 19.1 Å². The topological polar surface area (TPSA) is 77.9 Å². The summed E-state index contributed by atoms with van der Waals surface area (Å²) in [4.78, 5) is 16.6. The van der Waals surface area contributed by atoms with Gasteiger partial charge in [-0.05, 0) is 36.4 Å². The first-order valence-electron chi connectivity index (χ1n) is 7.22. The molecular weight excluding hydrogens is 304 g/mol. The molecule has 0 aliphatic heterocycles. The average Bonchev–Trinajstić information content (AvgIpc) is 2.61. The van der Waals surface area contributed by atoms with Crippen molar-refractivity contribution < 1.29 is 4.92 Å². The van der Waals surface area contributed by atoms with Crippen LogP contribution in [0.15, 0.2) is 48.5 Å². The van der Waals surface area contributed by atoms with E-state index in [1.807, 2.05) is 31.2 Å². The van der Waals surface area contributed by atoms with Crippen LogP contribution in [-0.2, 0) is 0 Å². The quantitative estimate of drug-likeness (QED) is 0.381. The SMILES string of the molecule is [C-]#[N+]C(C)c1ccc(N)cc1.[C-]#[N+]C(C)c1ccc([N+](=O)[O-])cc1. The molecule has 0 saturated carbocycles. The van der Waals surface area contributed by atoms with Crippen molar-refractivity contribution >= 4 is 11.4 Å². The van der Waals surface area contributed by atoms with Gasteiger partial charge in [0.05, 0.1) is 4.92 Å². The standard InChI is InChI=1S/C9H8N2O2.C9H10N2/c1-7(10-2)8-3-5-9(6-4-8)11(12)13;1-7(11-2)8-3-5-9(10)6-4-8/h3-7H,1H3;3-7H,10H2,1H3. The molecule has 0 saturated heterocycles. The largest absolute Gasteiger partial charge is 0.399 e. The third-order valence-electron chi connectivity index (χ3n) is 3.39. The minimum absolute atomic E-state index is 0.0564. The van der Waals surface area contributed by atoms with Gasteiger partial charge in [0.2, 0.25) is 12.1 Å². The molecule has 2 aromatic carbocycles. The number of hydrogen-bond donors (Lipinski definition) is 1. The average molecular weight is 322 g/mol. The lowest BCUT2D eigenvalue weighted by Crippen LogP contribution is -1.90. The fraction of sp³-hybridized carbons (Fsp3) is 0.222. The van der Waals surface area contributed by atoms with Gasteiger partial charge in [-0.2, -0.15) is 0 Å². The molecule has 0 spiro atoms. The van der Waals surface area contributed by atoms with E-state index in [9.17, 15) is 10.1 Å². The van der Waals surface area contributed by atoms with Gasteiger partial charge in [-0.1, -0.05) is 0 Å². The molecule has 122 valence electrons. The van der Waals surface area contributed by atoms with Crippen LogP contribution in [0.1, 0.15) is 37.1 Å². The van der Waals surface area contributed by atoms with Gasteiger partial charge in [0, 0.05) is 42.8 Å². The van der Waals surface area contributed by atoms with Crippen LogP contribution in [0.4, 0.5) is 11.4 Å². The summed E-state index contributed by atoms with van der Waals surface area (Å²) < 4.78 is 0. The highest BCUT2D eigenvalue weighted by atomic mass is 16.6. The zero-order valence-corrected chi connectivity index (χ0v) is 13.5. The van der Waals surface area contributed by atoms with Crippen molar-refractivity contribution in [3.8, 4) is 0 Å². The molecule has 2 atom stereocenters. The first-order valence-corrected chi connectivity index (χ1v) is 7.22. The molecule has 2 rings (SSSR count). The van der Waals surface area contributed by atoms with Crippen molar-refractivity contribution in [3.05, 3.63) is 92.6 Å². The Labute approximate surface area is 141 Å². The van der Waals surface area contributed by atoms with E-state index in [0.717, 1.165) is 16.8 Å². The zero-order chi connectivity index (χ0) is 18.1. The number of nitrogen functional groups attached to an aromatic ring is 1. The van der Waals surface area contributed by atoms with Crippen molar-refractivity contribution in [2.75, 3.05) is 5.73 Å². The molecule has 0 bridgehead atoms. The second-order valence-electron chi connectivity index (χ2n) is 5.13. The Morgan fingerprint density at radius 1 is 0.917 bits per heavy atom. The molecular formula is C18H18N4O2. The maximum Gasteiger partial charge on any atom is 0.269 e. The second kappa shape index (κ2) is 8.92. The number of nitro groups is 1. The van der Waals surface area contributed by atoms with Crippen LogP contribution < -0.4 is 5.73 Å². The molecule has 2 aromatic rings. The molecule has 6 heteroatoms. The molecule has 2 unspecified atom stereocenters. The predicted molar refractivity (Wildman–Crippen MR) is 94.0 cm³/mol. The third kappa shape index (κ3) is 5.43. The zero-order valence-electron chi connectivity index (χ0n) is 13.5. The Bertz CT molecular complexity index is 756. The monoisotopic (exact) mass is 322 g/mol. The molecule has 0 radical (unpaired) electrons. The maximum atomic E-state index is 10.3. The first kappa shape index (κ1) is 18.7. The lowest BCUT2D eigenvalue weighted by atomic mass is 10.1. The number of benzene rings is 2. The molecule has 0 aromatic heterocycles. The number of nitro benzene ring substituents is 1. The van der Waals surface area contributed by atoms with Gasteiger partial charge in [-0.3, -0.25) is 10.1 Å². The van der Waals surface area contributed by atoms with Crippen LogP contribution in [-0.4, -0.2) is 4.92 Å². The van der Waals surface area contributed by atoms with Crippen molar-refractivity contribution in [2.45, 2.75) is 25.9 Å². The highest BCUT2D eigenvalue weighted by Gasteiger charge is 2.10. The Balaban J connectivity index is 0.000000243. The number of non-ortho nitro benzene ring substituents is 1. The van der Waals surface area contributed by atoms with Gasteiger partial charge in [0.1, 0.15) is 0 Å². The molecule has 24 heavy (non-hydrogen) atoms. The molecule has 0 amide bonds. The predicted octanol–water partition coefficient (Wildman–Crippen LogP) is 4.82. The van der Waals surface area contributed by atoms with Crippen LogP contribution >= 0.6 is 0 Å². The van der Waals surface area contributed by atoms with E-state index < -0.39 is 4.92 Å². The van der Waals surface area contributed by atoms with Crippen molar-refractivity contribution in [3.63, 3.8) is 0 Å². The van der Waals surface area contributed by atoms with Gasteiger partial charge in [0.15, 0.2) is 0 Å². The Morgan fingerprint density at radius 2 is 1.29 bits per heavy atom. The van der Waals surface area contributed by atoms with Gasteiger partial charge < -0.3 is 15.4 Å². The fourth-order valence-electron chi connectivity index (χ4n) is 1.80. The minimum atomic E-state index is -0.452. The Morgan fingerprint density at radius 3 is 1.62 bits per heavy atom. The number of nitrogens with zero attached hydrogens (tertiary/aromatic N) is 3. The summed E-state index contributed by atoms with van der Waals surface area (Å²) in [5, 5.41) is 10.3. The summed E-state index contributed by atoms with van der Waals surface area (Å²) >= 11 is 0. The van der Waals surface area contributed by atoms with E-state index in [0.29, 0.717) is 0 Å². The molecule has 0 aliphatic rings. The summed E-state index contributed by atoms with van der Waals surface area (Å²) in [6, 6.07) is 13.2. The first-order chi connectivity index (χ1) is 11.4. The van der Waals surface area contributed by atoms with Gasteiger partial charge in [0.25, 0.3) is 5.69 Å². The molecule has 0 heterocycles. The van der Waals surface area contributed by atoms with Crippen molar-refractivity contribution in [2.24, 2.45) is 0 Å². The fourth-order valence-corrected chi connectivity index (χ4v) is 1.80. The minimum Gasteiger partial charge on any atom is -0.399 e. The highest BCUT2D eigenvalue weighted by Crippen LogP contribution is 2.19.